The average molecular weight is 329 g/mol. The molecule has 0 bridgehead atoms. The van der Waals surface area contributed by atoms with E-state index in [2.05, 4.69) is 5.32 Å². The standard InChI is InChI=1S/C14H23N3O4S/c1-11(2)17(22(4,20)21)8-5-7-15-14(19)12-6-9-16(3)13(18)10-12/h6,9-11H,5,7-8H2,1-4H3,(H,15,19). The summed E-state index contributed by atoms with van der Waals surface area (Å²) in [5.74, 6) is -0.340. The topological polar surface area (TPSA) is 88.5 Å². The Kier molecular flexibility index (Phi) is 6.31. The molecule has 8 heteroatoms. The molecule has 0 fully saturated rings. The van der Waals surface area contributed by atoms with Crippen molar-refractivity contribution in [3.05, 3.63) is 34.2 Å². The maximum absolute atomic E-state index is 11.9. The Bertz CT molecular complexity index is 680. The Morgan fingerprint density at radius 2 is 2.05 bits per heavy atom. The van der Waals surface area contributed by atoms with E-state index in [-0.39, 0.29) is 17.5 Å². The van der Waals surface area contributed by atoms with Gasteiger partial charge in [-0.25, -0.2) is 8.42 Å². The molecule has 1 amide bonds. The fourth-order valence-corrected chi connectivity index (χ4v) is 3.26. The molecule has 1 heterocycles. The van der Waals surface area contributed by atoms with E-state index in [0.717, 1.165) is 0 Å². The third-order valence-electron chi connectivity index (χ3n) is 3.21. The van der Waals surface area contributed by atoms with Gasteiger partial charge in [-0.05, 0) is 26.3 Å². The average Bonchev–Trinajstić information content (AvgIpc) is 2.39. The summed E-state index contributed by atoms with van der Waals surface area (Å²) in [5.41, 5.74) is 0.0441. The SMILES string of the molecule is CC(C)N(CCCNC(=O)c1ccn(C)c(=O)c1)S(C)(=O)=O. The van der Waals surface area contributed by atoms with Crippen LogP contribution in [0.3, 0.4) is 0 Å². The van der Waals surface area contributed by atoms with Crippen molar-refractivity contribution in [1.82, 2.24) is 14.2 Å². The van der Waals surface area contributed by atoms with Crippen LogP contribution in [0.2, 0.25) is 0 Å². The lowest BCUT2D eigenvalue weighted by Crippen LogP contribution is -2.38. The molecule has 0 aliphatic rings. The molecular weight excluding hydrogens is 306 g/mol. The molecule has 1 rings (SSSR count). The van der Waals surface area contributed by atoms with E-state index in [1.54, 1.807) is 27.0 Å². The molecule has 0 aromatic carbocycles. The number of aryl methyl sites for hydroxylation is 1. The molecule has 0 unspecified atom stereocenters. The van der Waals surface area contributed by atoms with Gasteiger partial charge < -0.3 is 9.88 Å². The Morgan fingerprint density at radius 3 is 2.55 bits per heavy atom. The molecule has 0 aliphatic heterocycles. The number of nitrogens with one attached hydrogen (secondary N) is 1. The van der Waals surface area contributed by atoms with Gasteiger partial charge in [0, 0.05) is 44.0 Å². The Labute approximate surface area is 131 Å². The molecule has 0 radical (unpaired) electrons. The van der Waals surface area contributed by atoms with E-state index in [9.17, 15) is 18.0 Å². The van der Waals surface area contributed by atoms with Crippen molar-refractivity contribution in [2.24, 2.45) is 7.05 Å². The molecule has 1 aromatic heterocycles. The van der Waals surface area contributed by atoms with Crippen LogP contribution >= 0.6 is 0 Å². The predicted octanol–water partition coefficient (Wildman–Crippen LogP) is 0.175. The van der Waals surface area contributed by atoms with Gasteiger partial charge in [0.2, 0.25) is 10.0 Å². The highest BCUT2D eigenvalue weighted by Gasteiger charge is 2.19. The molecular formula is C14H23N3O4S. The zero-order valence-electron chi connectivity index (χ0n) is 13.4. The number of hydrogen-bond acceptors (Lipinski definition) is 4. The summed E-state index contributed by atoms with van der Waals surface area (Å²) >= 11 is 0. The van der Waals surface area contributed by atoms with Crippen molar-refractivity contribution < 1.29 is 13.2 Å². The van der Waals surface area contributed by atoms with Gasteiger partial charge in [0.25, 0.3) is 11.5 Å². The minimum atomic E-state index is -3.25. The van der Waals surface area contributed by atoms with Crippen LogP contribution in [0.5, 0.6) is 0 Å². The summed E-state index contributed by atoms with van der Waals surface area (Å²) < 4.78 is 26.0. The van der Waals surface area contributed by atoms with Crippen LogP contribution < -0.4 is 10.9 Å². The molecule has 22 heavy (non-hydrogen) atoms. The number of carbonyl (C=O) groups is 1. The van der Waals surface area contributed by atoms with Crippen molar-refractivity contribution in [2.45, 2.75) is 26.3 Å². The van der Waals surface area contributed by atoms with Gasteiger partial charge in [0.15, 0.2) is 0 Å². The van der Waals surface area contributed by atoms with E-state index < -0.39 is 10.0 Å². The normalized spacial score (nSPS) is 11.9. The van der Waals surface area contributed by atoms with Crippen molar-refractivity contribution in [3.63, 3.8) is 0 Å². The van der Waals surface area contributed by atoms with Gasteiger partial charge in [-0.3, -0.25) is 9.59 Å². The van der Waals surface area contributed by atoms with Crippen LogP contribution in [0.15, 0.2) is 23.1 Å². The van der Waals surface area contributed by atoms with Gasteiger partial charge in [-0.1, -0.05) is 0 Å². The number of nitrogens with zero attached hydrogens (tertiary/aromatic N) is 2. The summed E-state index contributed by atoms with van der Waals surface area (Å²) in [4.78, 5) is 23.4. The summed E-state index contributed by atoms with van der Waals surface area (Å²) in [6, 6.07) is 2.71. The van der Waals surface area contributed by atoms with Crippen molar-refractivity contribution in [2.75, 3.05) is 19.3 Å². The quantitative estimate of drug-likeness (QED) is 0.723. The van der Waals surface area contributed by atoms with Crippen LogP contribution in [-0.2, 0) is 17.1 Å². The van der Waals surface area contributed by atoms with Crippen LogP contribution in [0.25, 0.3) is 0 Å². The molecule has 0 spiro atoms. The minimum Gasteiger partial charge on any atom is -0.352 e. The van der Waals surface area contributed by atoms with E-state index in [1.165, 1.54) is 27.4 Å². The zero-order valence-corrected chi connectivity index (χ0v) is 14.2. The van der Waals surface area contributed by atoms with E-state index in [1.807, 2.05) is 0 Å². The van der Waals surface area contributed by atoms with E-state index in [4.69, 9.17) is 0 Å². The van der Waals surface area contributed by atoms with Crippen LogP contribution in [0.4, 0.5) is 0 Å². The minimum absolute atomic E-state index is 0.122. The molecule has 124 valence electrons. The fraction of sp³-hybridized carbons (Fsp3) is 0.571. The number of carbonyl (C=O) groups excluding carboxylic acids is 1. The Morgan fingerprint density at radius 1 is 1.41 bits per heavy atom. The molecule has 0 atom stereocenters. The first-order valence-corrected chi connectivity index (χ1v) is 8.89. The monoisotopic (exact) mass is 329 g/mol. The van der Waals surface area contributed by atoms with Crippen LogP contribution in [-0.4, -0.2) is 48.6 Å². The largest absolute Gasteiger partial charge is 0.352 e. The van der Waals surface area contributed by atoms with Crippen molar-refractivity contribution >= 4 is 15.9 Å². The van der Waals surface area contributed by atoms with Crippen molar-refractivity contribution in [3.8, 4) is 0 Å². The second-order valence-electron chi connectivity index (χ2n) is 5.44. The summed E-state index contributed by atoms with van der Waals surface area (Å²) in [7, 11) is -1.64. The van der Waals surface area contributed by atoms with Crippen LogP contribution in [0.1, 0.15) is 30.6 Å². The highest BCUT2D eigenvalue weighted by molar-refractivity contribution is 7.88. The second-order valence-corrected chi connectivity index (χ2v) is 7.38. The second kappa shape index (κ2) is 7.55. The first kappa shape index (κ1) is 18.4. The van der Waals surface area contributed by atoms with E-state index in [0.29, 0.717) is 25.1 Å². The smallest absolute Gasteiger partial charge is 0.251 e. The predicted molar refractivity (Wildman–Crippen MR) is 85.3 cm³/mol. The molecule has 7 nitrogen and oxygen atoms in total. The molecule has 1 N–H and O–H groups in total. The maximum Gasteiger partial charge on any atom is 0.251 e. The Balaban J connectivity index is 2.52. The number of amides is 1. The van der Waals surface area contributed by atoms with Gasteiger partial charge >= 0.3 is 0 Å². The highest BCUT2D eigenvalue weighted by atomic mass is 32.2. The number of rotatable bonds is 7. The number of aromatic nitrogens is 1. The van der Waals surface area contributed by atoms with Gasteiger partial charge in [-0.2, -0.15) is 4.31 Å². The summed E-state index contributed by atoms with van der Waals surface area (Å²) in [6.45, 7) is 4.29. The lowest BCUT2D eigenvalue weighted by atomic mass is 10.2. The summed E-state index contributed by atoms with van der Waals surface area (Å²) in [5, 5.41) is 2.68. The highest BCUT2D eigenvalue weighted by Crippen LogP contribution is 2.05. The molecule has 0 saturated heterocycles. The van der Waals surface area contributed by atoms with Crippen LogP contribution in [0, 0.1) is 0 Å². The fourth-order valence-electron chi connectivity index (χ4n) is 2.04. The van der Waals surface area contributed by atoms with Crippen molar-refractivity contribution in [1.29, 1.82) is 0 Å². The number of sulfonamides is 1. The Hall–Kier alpha value is -1.67. The number of hydrogen-bond donors (Lipinski definition) is 1. The third-order valence-corrected chi connectivity index (χ3v) is 4.67. The van der Waals surface area contributed by atoms with E-state index >= 15 is 0 Å². The lowest BCUT2D eigenvalue weighted by Gasteiger charge is -2.23. The number of pyridine rings is 1. The third kappa shape index (κ3) is 5.27. The first-order valence-electron chi connectivity index (χ1n) is 7.04. The zero-order chi connectivity index (χ0) is 16.9. The molecule has 0 aliphatic carbocycles. The molecule has 1 aromatic rings. The summed E-state index contributed by atoms with van der Waals surface area (Å²) in [6.07, 6.45) is 3.20. The van der Waals surface area contributed by atoms with Gasteiger partial charge in [0.1, 0.15) is 0 Å². The van der Waals surface area contributed by atoms with Gasteiger partial charge in [-0.15, -0.1) is 0 Å². The molecule has 0 saturated carbocycles. The van der Waals surface area contributed by atoms with Gasteiger partial charge in [0.05, 0.1) is 6.26 Å². The maximum atomic E-state index is 11.9. The first-order chi connectivity index (χ1) is 10.1. The lowest BCUT2D eigenvalue weighted by molar-refractivity contribution is 0.0952.